The topological polar surface area (TPSA) is 91.6 Å². The van der Waals surface area contributed by atoms with E-state index in [1.165, 1.54) is 11.3 Å². The van der Waals surface area contributed by atoms with Crippen molar-refractivity contribution in [1.29, 1.82) is 0 Å². The van der Waals surface area contributed by atoms with Gasteiger partial charge >= 0.3 is 11.8 Å². The smallest absolute Gasteiger partial charge is 0.309 e. The van der Waals surface area contributed by atoms with E-state index < -0.39 is 17.9 Å². The predicted molar refractivity (Wildman–Crippen MR) is 98.3 cm³/mol. The molecule has 134 valence electrons. The summed E-state index contributed by atoms with van der Waals surface area (Å²) in [6.07, 6.45) is 0.687. The van der Waals surface area contributed by atoms with Gasteiger partial charge in [0.05, 0.1) is 18.9 Å². The van der Waals surface area contributed by atoms with Crippen LogP contribution in [0.25, 0.3) is 11.3 Å². The fourth-order valence-corrected chi connectivity index (χ4v) is 3.01. The molecule has 0 unspecified atom stereocenters. The largest absolute Gasteiger partial charge is 0.464 e. The molecular formula is C19H18N2O4S. The van der Waals surface area contributed by atoms with E-state index >= 15 is 0 Å². The van der Waals surface area contributed by atoms with Gasteiger partial charge in [-0.05, 0) is 29.1 Å². The molecule has 1 aromatic carbocycles. The van der Waals surface area contributed by atoms with E-state index in [0.29, 0.717) is 12.1 Å². The Morgan fingerprint density at radius 3 is 2.46 bits per heavy atom. The highest BCUT2D eigenvalue weighted by atomic mass is 32.1. The summed E-state index contributed by atoms with van der Waals surface area (Å²) in [6, 6.07) is 14.6. The van der Waals surface area contributed by atoms with Crippen LogP contribution >= 0.6 is 11.3 Å². The number of furan rings is 1. The van der Waals surface area contributed by atoms with Crippen LogP contribution in [0.2, 0.25) is 0 Å². The molecule has 1 atom stereocenters. The molecule has 0 aliphatic heterocycles. The molecule has 2 aromatic heterocycles. The zero-order valence-electron chi connectivity index (χ0n) is 13.8. The normalized spacial score (nSPS) is 11.7. The van der Waals surface area contributed by atoms with Crippen LogP contribution in [0.5, 0.6) is 0 Å². The van der Waals surface area contributed by atoms with Gasteiger partial charge in [0.2, 0.25) is 0 Å². The summed E-state index contributed by atoms with van der Waals surface area (Å²) < 4.78 is 5.31. The van der Waals surface area contributed by atoms with Gasteiger partial charge in [0.1, 0.15) is 5.76 Å². The SMILES string of the molecule is O=C(NCc1cccs1)C(=O)NC[C@H](O)c1ccc(-c2ccco2)cc1. The minimum absolute atomic E-state index is 0.0502. The van der Waals surface area contributed by atoms with E-state index in [4.69, 9.17) is 4.42 Å². The van der Waals surface area contributed by atoms with Crippen molar-refractivity contribution in [1.82, 2.24) is 10.6 Å². The van der Waals surface area contributed by atoms with Gasteiger partial charge in [0.15, 0.2) is 0 Å². The number of amides is 2. The number of benzene rings is 1. The van der Waals surface area contributed by atoms with Gasteiger partial charge < -0.3 is 20.2 Å². The lowest BCUT2D eigenvalue weighted by atomic mass is 10.1. The first-order valence-electron chi connectivity index (χ1n) is 8.04. The monoisotopic (exact) mass is 370 g/mol. The van der Waals surface area contributed by atoms with Crippen molar-refractivity contribution >= 4 is 23.2 Å². The molecule has 0 radical (unpaired) electrons. The van der Waals surface area contributed by atoms with E-state index in [-0.39, 0.29) is 6.54 Å². The van der Waals surface area contributed by atoms with Crippen LogP contribution in [0.3, 0.4) is 0 Å². The van der Waals surface area contributed by atoms with E-state index in [0.717, 1.165) is 16.2 Å². The molecule has 2 amide bonds. The number of hydrogen-bond acceptors (Lipinski definition) is 5. The Kier molecular flexibility index (Phi) is 5.83. The number of hydrogen-bond donors (Lipinski definition) is 3. The first kappa shape index (κ1) is 17.9. The Balaban J connectivity index is 1.47. The Bertz CT molecular complexity index is 842. The Morgan fingerprint density at radius 2 is 1.81 bits per heavy atom. The highest BCUT2D eigenvalue weighted by molar-refractivity contribution is 7.09. The van der Waals surface area contributed by atoms with Gasteiger partial charge in [-0.3, -0.25) is 9.59 Å². The van der Waals surface area contributed by atoms with Crippen LogP contribution in [0.1, 0.15) is 16.5 Å². The fraction of sp³-hybridized carbons (Fsp3) is 0.158. The number of carbonyl (C=O) groups excluding carboxylic acids is 2. The molecule has 3 N–H and O–H groups in total. The lowest BCUT2D eigenvalue weighted by Gasteiger charge is -2.12. The molecule has 0 aliphatic carbocycles. The zero-order chi connectivity index (χ0) is 18.4. The summed E-state index contributed by atoms with van der Waals surface area (Å²) in [7, 11) is 0. The van der Waals surface area contributed by atoms with Gasteiger partial charge in [-0.25, -0.2) is 0 Å². The minimum Gasteiger partial charge on any atom is -0.464 e. The van der Waals surface area contributed by atoms with Crippen molar-refractivity contribution in [3.8, 4) is 11.3 Å². The second kappa shape index (κ2) is 8.46. The maximum Gasteiger partial charge on any atom is 0.309 e. The summed E-state index contributed by atoms with van der Waals surface area (Å²) in [6.45, 7) is 0.256. The Morgan fingerprint density at radius 1 is 1.04 bits per heavy atom. The predicted octanol–water partition coefficient (Wildman–Crippen LogP) is 2.47. The maximum absolute atomic E-state index is 11.8. The number of aliphatic hydroxyl groups excluding tert-OH is 1. The molecule has 0 fully saturated rings. The second-order valence-electron chi connectivity index (χ2n) is 5.59. The minimum atomic E-state index is -0.908. The summed E-state index contributed by atoms with van der Waals surface area (Å²) in [4.78, 5) is 24.5. The summed E-state index contributed by atoms with van der Waals surface area (Å²) in [5.74, 6) is -0.756. The third kappa shape index (κ3) is 4.59. The van der Waals surface area contributed by atoms with Crippen LogP contribution in [0.15, 0.2) is 64.6 Å². The molecule has 0 spiro atoms. The van der Waals surface area contributed by atoms with Crippen LogP contribution in [-0.2, 0) is 16.1 Å². The summed E-state index contributed by atoms with van der Waals surface area (Å²) in [5.41, 5.74) is 1.53. The molecule has 2 heterocycles. The van der Waals surface area contributed by atoms with Gasteiger partial charge in [0, 0.05) is 17.0 Å². The van der Waals surface area contributed by atoms with E-state index in [1.807, 2.05) is 35.7 Å². The van der Waals surface area contributed by atoms with Crippen molar-refractivity contribution in [3.05, 3.63) is 70.6 Å². The second-order valence-corrected chi connectivity index (χ2v) is 6.62. The standard InChI is InChI=1S/C19H18N2O4S/c22-16(13-5-7-14(8-6-13)17-4-1-9-25-17)12-21-19(24)18(23)20-11-15-3-2-10-26-15/h1-10,16,22H,11-12H2,(H,20,23)(H,21,24)/t16-/m0/s1. The van der Waals surface area contributed by atoms with Crippen LogP contribution in [-0.4, -0.2) is 23.5 Å². The first-order chi connectivity index (χ1) is 12.6. The number of aliphatic hydroxyl groups is 1. The lowest BCUT2D eigenvalue weighted by Crippen LogP contribution is -2.41. The van der Waals surface area contributed by atoms with Crippen LogP contribution < -0.4 is 10.6 Å². The molecule has 0 aliphatic rings. The molecule has 26 heavy (non-hydrogen) atoms. The molecule has 6 nitrogen and oxygen atoms in total. The summed E-state index contributed by atoms with van der Waals surface area (Å²) >= 11 is 1.50. The number of carbonyl (C=O) groups is 2. The molecule has 3 rings (SSSR count). The average Bonchev–Trinajstić information content (AvgIpc) is 3.37. The highest BCUT2D eigenvalue weighted by Crippen LogP contribution is 2.22. The van der Waals surface area contributed by atoms with Crippen molar-refractivity contribution in [2.24, 2.45) is 0 Å². The van der Waals surface area contributed by atoms with Crippen LogP contribution in [0, 0.1) is 0 Å². The molecule has 0 saturated heterocycles. The molecular weight excluding hydrogens is 352 g/mol. The first-order valence-corrected chi connectivity index (χ1v) is 8.92. The van der Waals surface area contributed by atoms with Crippen LogP contribution in [0.4, 0.5) is 0 Å². The van der Waals surface area contributed by atoms with E-state index in [2.05, 4.69) is 10.6 Å². The van der Waals surface area contributed by atoms with Crippen molar-refractivity contribution in [2.75, 3.05) is 6.54 Å². The third-order valence-corrected chi connectivity index (χ3v) is 4.64. The molecule has 0 bridgehead atoms. The lowest BCUT2D eigenvalue weighted by molar-refractivity contribution is -0.139. The van der Waals surface area contributed by atoms with E-state index in [1.54, 1.807) is 24.5 Å². The zero-order valence-corrected chi connectivity index (χ0v) is 14.7. The highest BCUT2D eigenvalue weighted by Gasteiger charge is 2.16. The fourth-order valence-electron chi connectivity index (χ4n) is 2.36. The third-order valence-electron chi connectivity index (χ3n) is 3.77. The van der Waals surface area contributed by atoms with Gasteiger partial charge in [-0.15, -0.1) is 11.3 Å². The average molecular weight is 370 g/mol. The number of thiophene rings is 1. The maximum atomic E-state index is 11.8. The van der Waals surface area contributed by atoms with Gasteiger partial charge in [-0.1, -0.05) is 30.3 Å². The van der Waals surface area contributed by atoms with E-state index in [9.17, 15) is 14.7 Å². The Hall–Kier alpha value is -2.90. The molecule has 0 saturated carbocycles. The molecule has 7 heteroatoms. The number of rotatable bonds is 6. The summed E-state index contributed by atoms with van der Waals surface area (Å²) in [5, 5.41) is 17.1. The quantitative estimate of drug-likeness (QED) is 0.581. The van der Waals surface area contributed by atoms with Gasteiger partial charge in [0.25, 0.3) is 0 Å². The Labute approximate surface area is 154 Å². The van der Waals surface area contributed by atoms with Crippen molar-refractivity contribution in [2.45, 2.75) is 12.6 Å². The number of nitrogens with one attached hydrogen (secondary N) is 2. The van der Waals surface area contributed by atoms with Gasteiger partial charge in [-0.2, -0.15) is 0 Å². The van der Waals surface area contributed by atoms with Crippen molar-refractivity contribution in [3.63, 3.8) is 0 Å². The molecule has 3 aromatic rings. The van der Waals surface area contributed by atoms with Crippen molar-refractivity contribution < 1.29 is 19.1 Å².